The number of cyclic esters (lactones) is 1. The number of carbonyl (C=O) groups excluding carboxylic acids is 2. The molecule has 0 aromatic rings. The number of nitrogens with zero attached hydrogens (tertiary/aromatic N) is 1. The lowest BCUT2D eigenvalue weighted by Crippen LogP contribution is -2.58. The number of carbonyl (C=O) groups is 2. The van der Waals surface area contributed by atoms with Crippen molar-refractivity contribution in [2.75, 3.05) is 21.2 Å². The van der Waals surface area contributed by atoms with Crippen LogP contribution in [-0.2, 0) is 38.0 Å². The highest BCUT2D eigenvalue weighted by Crippen LogP contribution is 2.54. The maximum absolute atomic E-state index is 14.6. The number of fused-ring (bicyclic) bond motifs is 5. The molecule has 3 heterocycles. The summed E-state index contributed by atoms with van der Waals surface area (Å²) in [6.07, 6.45) is 7.58. The van der Waals surface area contributed by atoms with E-state index in [4.69, 9.17) is 28.4 Å². The number of hydrogen-bond donors (Lipinski definition) is 2. The van der Waals surface area contributed by atoms with Crippen molar-refractivity contribution in [1.29, 1.82) is 0 Å². The number of aliphatic hydroxyl groups is 2. The van der Waals surface area contributed by atoms with E-state index in [1.807, 2.05) is 6.92 Å². The zero-order valence-electron chi connectivity index (χ0n) is 31.0. The summed E-state index contributed by atoms with van der Waals surface area (Å²) in [5.74, 6) is -0.344. The molecular formula is C39H61NO10. The van der Waals surface area contributed by atoms with E-state index in [-0.39, 0.29) is 78.5 Å². The number of ether oxygens (including phenoxy) is 6. The van der Waals surface area contributed by atoms with Crippen molar-refractivity contribution in [2.45, 2.75) is 153 Å². The molecule has 0 aromatic carbocycles. The normalized spacial score (nSPS) is 47.1. The molecular weight excluding hydrogens is 642 g/mol. The molecule has 3 aliphatic heterocycles. The minimum atomic E-state index is -1.23. The Kier molecular flexibility index (Phi) is 12.3. The third-order valence-electron chi connectivity index (χ3n) is 12.8. The van der Waals surface area contributed by atoms with Gasteiger partial charge >= 0.3 is 5.97 Å². The summed E-state index contributed by atoms with van der Waals surface area (Å²) in [7, 11) is 5.64. The molecule has 3 saturated heterocycles. The predicted octanol–water partition coefficient (Wildman–Crippen LogP) is 4.18. The van der Waals surface area contributed by atoms with Gasteiger partial charge in [0.25, 0.3) is 0 Å². The van der Waals surface area contributed by atoms with Crippen molar-refractivity contribution in [3.05, 3.63) is 23.8 Å². The van der Waals surface area contributed by atoms with Gasteiger partial charge in [0.2, 0.25) is 0 Å². The molecule has 282 valence electrons. The molecule has 11 heteroatoms. The van der Waals surface area contributed by atoms with Crippen molar-refractivity contribution >= 4 is 11.8 Å². The third-order valence-corrected chi connectivity index (χ3v) is 12.8. The summed E-state index contributed by atoms with van der Waals surface area (Å²) in [5, 5.41) is 21.4. The van der Waals surface area contributed by atoms with E-state index >= 15 is 0 Å². The third kappa shape index (κ3) is 7.81. The van der Waals surface area contributed by atoms with Gasteiger partial charge < -0.3 is 43.5 Å². The Morgan fingerprint density at radius 2 is 1.70 bits per heavy atom. The summed E-state index contributed by atoms with van der Waals surface area (Å²) >= 11 is 0. The summed E-state index contributed by atoms with van der Waals surface area (Å²) in [5.41, 5.74) is 0.723. The summed E-state index contributed by atoms with van der Waals surface area (Å²) in [6.45, 7) is 7.94. The zero-order valence-corrected chi connectivity index (χ0v) is 31.0. The molecule has 0 radical (unpaired) electrons. The van der Waals surface area contributed by atoms with E-state index in [0.717, 1.165) is 50.5 Å². The number of Topliss-reactive ketones (excluding diaryl/α,β-unsaturated/α-hetero) is 1. The number of esters is 1. The number of ketones is 1. The number of aliphatic hydroxyl groups excluding tert-OH is 2. The lowest BCUT2D eigenvalue weighted by molar-refractivity contribution is -0.306. The molecule has 0 spiro atoms. The van der Waals surface area contributed by atoms with Gasteiger partial charge in [-0.3, -0.25) is 9.59 Å². The predicted molar refractivity (Wildman–Crippen MR) is 185 cm³/mol. The van der Waals surface area contributed by atoms with Gasteiger partial charge in [-0.05, 0) is 109 Å². The highest BCUT2D eigenvalue weighted by molar-refractivity contribution is 5.99. The maximum Gasteiger partial charge on any atom is 0.306 e. The van der Waals surface area contributed by atoms with Crippen LogP contribution in [0.2, 0.25) is 0 Å². The minimum Gasteiger partial charge on any atom is -0.462 e. The van der Waals surface area contributed by atoms with Crippen molar-refractivity contribution in [3.8, 4) is 0 Å². The lowest BCUT2D eigenvalue weighted by Gasteiger charge is -2.41. The van der Waals surface area contributed by atoms with Gasteiger partial charge in [0.1, 0.15) is 24.4 Å². The minimum absolute atomic E-state index is 0.00223. The van der Waals surface area contributed by atoms with E-state index in [9.17, 15) is 19.8 Å². The molecule has 50 heavy (non-hydrogen) atoms. The van der Waals surface area contributed by atoms with Crippen LogP contribution >= 0.6 is 0 Å². The Morgan fingerprint density at radius 1 is 0.920 bits per heavy atom. The second kappa shape index (κ2) is 16.1. The number of rotatable bonds is 7. The topological polar surface area (TPSA) is 133 Å². The van der Waals surface area contributed by atoms with Crippen molar-refractivity contribution < 1.29 is 48.2 Å². The second-order valence-corrected chi connectivity index (χ2v) is 16.1. The molecule has 2 N–H and O–H groups in total. The smallest absolute Gasteiger partial charge is 0.306 e. The van der Waals surface area contributed by atoms with E-state index in [1.54, 1.807) is 6.92 Å². The SMILES string of the molecule is CC[C@H]1CCC[C@H](O[C@H]2CC[C@H](N(C)C)[C@@H](C)O2)[C@@H](C)C(=O)C2=CC3[C@@H](C=C[C@@H]4C[C@@H](O[C@@H]5O[C@@H](C)[C@H](OC)[C@@H](O)[C@H]5O)C[C@@H]34)[C@@H]2CC(=O)O1. The monoisotopic (exact) mass is 703 g/mol. The lowest BCUT2D eigenvalue weighted by atomic mass is 9.70. The molecule has 1 saturated carbocycles. The average molecular weight is 704 g/mol. The summed E-state index contributed by atoms with van der Waals surface area (Å²) in [4.78, 5) is 30.2. The van der Waals surface area contributed by atoms with Crippen molar-refractivity contribution in [1.82, 2.24) is 4.90 Å². The average Bonchev–Trinajstić information content (AvgIpc) is 3.66. The quantitative estimate of drug-likeness (QED) is 0.292. The van der Waals surface area contributed by atoms with Crippen LogP contribution in [-0.4, -0.2) is 116 Å². The first kappa shape index (κ1) is 38.0. The van der Waals surface area contributed by atoms with Crippen LogP contribution in [0.25, 0.3) is 0 Å². The van der Waals surface area contributed by atoms with Gasteiger partial charge in [-0.2, -0.15) is 0 Å². The Morgan fingerprint density at radius 3 is 2.40 bits per heavy atom. The molecule has 17 atom stereocenters. The van der Waals surface area contributed by atoms with Gasteiger partial charge in [-0.15, -0.1) is 0 Å². The molecule has 11 nitrogen and oxygen atoms in total. The highest BCUT2D eigenvalue weighted by atomic mass is 16.7. The van der Waals surface area contributed by atoms with Gasteiger partial charge in [0, 0.05) is 25.0 Å². The second-order valence-electron chi connectivity index (χ2n) is 16.1. The number of allylic oxidation sites excluding steroid dienone is 4. The fraction of sp³-hybridized carbons (Fsp3) is 0.846. The Labute approximate surface area is 298 Å². The Bertz CT molecular complexity index is 1260. The van der Waals surface area contributed by atoms with E-state index in [2.05, 4.69) is 51.1 Å². The van der Waals surface area contributed by atoms with Crippen LogP contribution in [0.4, 0.5) is 0 Å². The van der Waals surface area contributed by atoms with Crippen LogP contribution in [0.15, 0.2) is 23.8 Å². The largest absolute Gasteiger partial charge is 0.462 e. The van der Waals surface area contributed by atoms with Gasteiger partial charge in [0.05, 0.1) is 30.8 Å². The van der Waals surface area contributed by atoms with Crippen LogP contribution in [0.3, 0.4) is 0 Å². The first-order chi connectivity index (χ1) is 23.9. The van der Waals surface area contributed by atoms with Crippen LogP contribution in [0.5, 0.6) is 0 Å². The summed E-state index contributed by atoms with van der Waals surface area (Å²) < 4.78 is 36.7. The van der Waals surface area contributed by atoms with Crippen LogP contribution in [0.1, 0.15) is 85.5 Å². The fourth-order valence-electron chi connectivity index (χ4n) is 9.92. The Hall–Kier alpha value is -1.70. The molecule has 0 amide bonds. The fourth-order valence-corrected chi connectivity index (χ4v) is 9.92. The van der Waals surface area contributed by atoms with Crippen molar-refractivity contribution in [2.24, 2.45) is 35.5 Å². The standard InChI is InChI=1S/C39H61NO10/c1-8-24-10-9-11-32(50-34-15-14-31(40(5)6)21(3)46-34)20(2)35(42)30-18-28-26(29(30)19-33(41)48-24)13-12-23-16-25(17-27(23)28)49-39-37(44)36(43)38(45-7)22(4)47-39/h12-13,18,20-29,31-32,34,36-39,43-44H,8-11,14-17,19H2,1-7H3/t20-,21-,22+,23-,24+,25-,26-,27-,28?,29+,31+,32+,34+,36+,37-,38+,39+/m1/s1. The molecule has 6 rings (SSSR count). The van der Waals surface area contributed by atoms with E-state index in [0.29, 0.717) is 12.5 Å². The number of methoxy groups -OCH3 is 1. The first-order valence-corrected chi connectivity index (χ1v) is 19.2. The molecule has 6 aliphatic rings. The molecule has 3 aliphatic carbocycles. The number of hydrogen-bond acceptors (Lipinski definition) is 11. The summed E-state index contributed by atoms with van der Waals surface area (Å²) in [6, 6.07) is 0.328. The molecule has 0 bridgehead atoms. The highest BCUT2D eigenvalue weighted by Gasteiger charge is 2.52. The maximum atomic E-state index is 14.6. The van der Waals surface area contributed by atoms with Crippen molar-refractivity contribution in [3.63, 3.8) is 0 Å². The molecule has 4 fully saturated rings. The Balaban J connectivity index is 1.20. The molecule has 0 aromatic heterocycles. The molecule has 1 unspecified atom stereocenters. The van der Waals surface area contributed by atoms with Gasteiger partial charge in [-0.1, -0.05) is 32.1 Å². The van der Waals surface area contributed by atoms with Gasteiger partial charge in [-0.25, -0.2) is 0 Å². The number of likely N-dealkylation sites (N-methyl/N-ethyl adjacent to an activating group) is 1. The van der Waals surface area contributed by atoms with Crippen LogP contribution in [0, 0.1) is 35.5 Å². The van der Waals surface area contributed by atoms with E-state index < -0.39 is 36.6 Å². The first-order valence-electron chi connectivity index (χ1n) is 19.2. The van der Waals surface area contributed by atoms with E-state index in [1.165, 1.54) is 7.11 Å². The van der Waals surface area contributed by atoms with Gasteiger partial charge in [0.15, 0.2) is 18.4 Å². The zero-order chi connectivity index (χ0) is 35.9. The van der Waals surface area contributed by atoms with Crippen LogP contribution < -0.4 is 0 Å².